The van der Waals surface area contributed by atoms with Crippen molar-refractivity contribution in [1.29, 1.82) is 0 Å². The summed E-state index contributed by atoms with van der Waals surface area (Å²) in [7, 11) is 3.66. The van der Waals surface area contributed by atoms with E-state index in [-0.39, 0.29) is 0 Å². The van der Waals surface area contributed by atoms with Gasteiger partial charge in [-0.05, 0) is 45.3 Å². The lowest BCUT2D eigenvalue weighted by atomic mass is 9.92. The Morgan fingerprint density at radius 1 is 1.47 bits per heavy atom. The van der Waals surface area contributed by atoms with E-state index in [1.807, 2.05) is 0 Å². The highest BCUT2D eigenvalue weighted by Gasteiger charge is 2.16. The minimum absolute atomic E-state index is 0.342. The molecule has 0 aliphatic carbocycles. The van der Waals surface area contributed by atoms with Gasteiger partial charge in [-0.3, -0.25) is 4.79 Å². The molecule has 0 aromatic rings. The molecule has 1 aliphatic heterocycles. The molecule has 1 saturated heterocycles. The predicted octanol–water partition coefficient (Wildman–Crippen LogP) is 1.81. The molecule has 1 fully saturated rings. The molecule has 4 heteroatoms. The van der Waals surface area contributed by atoms with E-state index in [1.54, 1.807) is 6.92 Å². The van der Waals surface area contributed by atoms with Gasteiger partial charge >= 0.3 is 5.97 Å². The molecule has 0 aromatic heterocycles. The van der Waals surface area contributed by atoms with Crippen LogP contribution in [-0.4, -0.2) is 43.2 Å². The maximum atomic E-state index is 10.3. The van der Waals surface area contributed by atoms with Gasteiger partial charge in [0.1, 0.15) is 6.11 Å². The number of hydrogen-bond acceptors (Lipinski definition) is 3. The molecule has 17 heavy (non-hydrogen) atoms. The Morgan fingerprint density at radius 2 is 2.06 bits per heavy atom. The van der Waals surface area contributed by atoms with E-state index in [0.29, 0.717) is 12.3 Å². The normalized spacial score (nSPS) is 16.2. The molecule has 1 N–H and O–H groups in total. The first kappa shape index (κ1) is 15.8. The topological polar surface area (TPSA) is 49.8 Å². The molecular formula is C13H23NO3. The fourth-order valence-electron chi connectivity index (χ4n) is 1.78. The van der Waals surface area contributed by atoms with Gasteiger partial charge in [0.2, 0.25) is 0 Å². The second-order valence-corrected chi connectivity index (χ2v) is 4.24. The van der Waals surface area contributed by atoms with Crippen LogP contribution in [0.25, 0.3) is 0 Å². The number of carbonyl (C=O) groups is 1. The number of aliphatic carboxylic acids is 1. The van der Waals surface area contributed by atoms with Gasteiger partial charge in [-0.15, -0.1) is 0 Å². The van der Waals surface area contributed by atoms with Crippen molar-refractivity contribution in [3.63, 3.8) is 0 Å². The average molecular weight is 241 g/mol. The second-order valence-electron chi connectivity index (χ2n) is 4.24. The van der Waals surface area contributed by atoms with E-state index in [4.69, 9.17) is 5.11 Å². The first-order chi connectivity index (χ1) is 8.10. The van der Waals surface area contributed by atoms with Gasteiger partial charge < -0.3 is 14.7 Å². The summed E-state index contributed by atoms with van der Waals surface area (Å²) in [6.07, 6.45) is 5.91. The van der Waals surface area contributed by atoms with Crippen LogP contribution < -0.4 is 0 Å². The summed E-state index contributed by atoms with van der Waals surface area (Å²) in [5.41, 5.74) is 0. The Kier molecular flexibility index (Phi) is 9.27. The molecular weight excluding hydrogens is 218 g/mol. The number of hydrogen-bond donors (Lipinski definition) is 1. The predicted molar refractivity (Wildman–Crippen MR) is 67.5 cm³/mol. The minimum atomic E-state index is -0.658. The molecule has 0 unspecified atom stereocenters. The van der Waals surface area contributed by atoms with Gasteiger partial charge in [-0.25, -0.2) is 0 Å². The summed E-state index contributed by atoms with van der Waals surface area (Å²) in [6.45, 7) is 3.98. The molecule has 98 valence electrons. The first-order valence-electron chi connectivity index (χ1n) is 5.95. The molecule has 4 nitrogen and oxygen atoms in total. The van der Waals surface area contributed by atoms with E-state index in [2.05, 4.69) is 28.7 Å². The van der Waals surface area contributed by atoms with Gasteiger partial charge in [0.05, 0.1) is 7.11 Å². The second kappa shape index (κ2) is 9.98. The number of ether oxygens (including phenoxy) is 1. The third kappa shape index (κ3) is 9.70. The van der Waals surface area contributed by atoms with Gasteiger partial charge in [0.15, 0.2) is 0 Å². The largest absolute Gasteiger partial charge is 0.481 e. The summed E-state index contributed by atoms with van der Waals surface area (Å²) >= 11 is 0. The third-order valence-electron chi connectivity index (χ3n) is 2.81. The lowest BCUT2D eigenvalue weighted by Crippen LogP contribution is -2.30. The van der Waals surface area contributed by atoms with Crippen LogP contribution in [0.1, 0.15) is 32.6 Å². The Labute approximate surface area is 104 Å². The van der Waals surface area contributed by atoms with Crippen molar-refractivity contribution < 1.29 is 14.6 Å². The van der Waals surface area contributed by atoms with Crippen LogP contribution in [0.15, 0.2) is 0 Å². The monoisotopic (exact) mass is 241 g/mol. The Bertz CT molecular complexity index is 260. The Morgan fingerprint density at radius 3 is 2.41 bits per heavy atom. The molecule has 0 aromatic carbocycles. The zero-order chi connectivity index (χ0) is 13.1. The van der Waals surface area contributed by atoms with Crippen LogP contribution in [0.4, 0.5) is 0 Å². The number of likely N-dealkylation sites (tertiary alicyclic amines) is 1. The standard InChI is InChI=1S/C9H17NO2.C4H6O/c1-10-6-4-8(5-7-10)2-3-9(11)12;1-3-4-5-2/h8H,2-7H2,1H3,(H,11,12);1-2H3. The molecule has 0 bridgehead atoms. The average Bonchev–Trinajstić information content (AvgIpc) is 2.30. The maximum Gasteiger partial charge on any atom is 0.303 e. The smallest absolute Gasteiger partial charge is 0.303 e. The maximum absolute atomic E-state index is 10.3. The van der Waals surface area contributed by atoms with Gasteiger partial charge in [-0.2, -0.15) is 0 Å². The van der Waals surface area contributed by atoms with Crippen LogP contribution in [0.3, 0.4) is 0 Å². The Hall–Kier alpha value is -1.21. The lowest BCUT2D eigenvalue weighted by Gasteiger charge is -2.28. The fourth-order valence-corrected chi connectivity index (χ4v) is 1.78. The lowest BCUT2D eigenvalue weighted by molar-refractivity contribution is -0.137. The van der Waals surface area contributed by atoms with Crippen molar-refractivity contribution in [1.82, 2.24) is 4.90 Å². The molecule has 0 amide bonds. The highest BCUT2D eigenvalue weighted by Crippen LogP contribution is 2.20. The summed E-state index contributed by atoms with van der Waals surface area (Å²) in [5, 5.41) is 8.49. The number of rotatable bonds is 3. The quantitative estimate of drug-likeness (QED) is 0.766. The van der Waals surface area contributed by atoms with Crippen molar-refractivity contribution in [3.8, 4) is 12.0 Å². The van der Waals surface area contributed by atoms with Crippen LogP contribution in [-0.2, 0) is 9.53 Å². The summed E-state index contributed by atoms with van der Waals surface area (Å²) in [5.74, 6) is 2.54. The number of nitrogens with zero attached hydrogens (tertiary/aromatic N) is 1. The summed E-state index contributed by atoms with van der Waals surface area (Å²) < 4.78 is 4.33. The Balaban J connectivity index is 0.000000437. The van der Waals surface area contributed by atoms with Crippen molar-refractivity contribution in [2.45, 2.75) is 32.6 Å². The van der Waals surface area contributed by atoms with E-state index >= 15 is 0 Å². The molecule has 1 heterocycles. The number of methoxy groups -OCH3 is 1. The van der Waals surface area contributed by atoms with Crippen molar-refractivity contribution in [2.75, 3.05) is 27.2 Å². The molecule has 0 radical (unpaired) electrons. The van der Waals surface area contributed by atoms with Gasteiger partial charge in [0.25, 0.3) is 0 Å². The van der Waals surface area contributed by atoms with E-state index < -0.39 is 5.97 Å². The van der Waals surface area contributed by atoms with Crippen LogP contribution in [0.5, 0.6) is 0 Å². The fraction of sp³-hybridized carbons (Fsp3) is 0.769. The zero-order valence-electron chi connectivity index (χ0n) is 11.0. The van der Waals surface area contributed by atoms with Crippen LogP contribution >= 0.6 is 0 Å². The molecule has 1 rings (SSSR count). The van der Waals surface area contributed by atoms with Crippen molar-refractivity contribution >= 4 is 5.97 Å². The summed E-state index contributed by atoms with van der Waals surface area (Å²) in [4.78, 5) is 12.6. The van der Waals surface area contributed by atoms with Crippen LogP contribution in [0, 0.1) is 17.9 Å². The highest BCUT2D eigenvalue weighted by molar-refractivity contribution is 5.66. The van der Waals surface area contributed by atoms with Gasteiger partial charge in [0, 0.05) is 13.3 Å². The number of carboxylic acid groups (broad SMARTS) is 1. The zero-order valence-corrected chi connectivity index (χ0v) is 11.0. The van der Waals surface area contributed by atoms with Gasteiger partial charge in [-0.1, -0.05) is 5.92 Å². The molecule has 0 atom stereocenters. The van der Waals surface area contributed by atoms with E-state index in [1.165, 1.54) is 20.0 Å². The summed E-state index contributed by atoms with van der Waals surface area (Å²) in [6, 6.07) is 0. The van der Waals surface area contributed by atoms with E-state index in [0.717, 1.165) is 19.5 Å². The van der Waals surface area contributed by atoms with Crippen molar-refractivity contribution in [2.24, 2.45) is 5.92 Å². The minimum Gasteiger partial charge on any atom is -0.481 e. The number of carboxylic acids is 1. The third-order valence-corrected chi connectivity index (χ3v) is 2.81. The first-order valence-corrected chi connectivity index (χ1v) is 5.95. The number of piperidine rings is 1. The van der Waals surface area contributed by atoms with Crippen LogP contribution in [0.2, 0.25) is 0 Å². The van der Waals surface area contributed by atoms with E-state index in [9.17, 15) is 4.79 Å². The molecule has 0 spiro atoms. The molecule has 0 saturated carbocycles. The highest BCUT2D eigenvalue weighted by atomic mass is 16.5. The molecule has 1 aliphatic rings. The SMILES string of the molecule is CC#COC.CN1CCC(CCC(=O)O)CC1. The van der Waals surface area contributed by atoms with Crippen molar-refractivity contribution in [3.05, 3.63) is 0 Å².